The molecule has 42 heavy (non-hydrogen) atoms. The lowest BCUT2D eigenvalue weighted by Gasteiger charge is -2.23. The molecule has 0 spiro atoms. The molecule has 0 unspecified atom stereocenters. The minimum atomic E-state index is -0.116. The van der Waals surface area contributed by atoms with Crippen LogP contribution < -0.4 is 9.47 Å². The molecule has 4 rings (SSSR count). The summed E-state index contributed by atoms with van der Waals surface area (Å²) in [5.41, 5.74) is 3.42. The van der Waals surface area contributed by atoms with E-state index in [1.54, 1.807) is 0 Å². The molecule has 0 aliphatic carbocycles. The predicted octanol–water partition coefficient (Wildman–Crippen LogP) is 10.1. The summed E-state index contributed by atoms with van der Waals surface area (Å²) in [6.07, 6.45) is 14.2. The maximum absolute atomic E-state index is 10.5. The average Bonchev–Trinajstić information content (AvgIpc) is 3.03. The van der Waals surface area contributed by atoms with E-state index in [1.807, 2.05) is 24.3 Å². The van der Waals surface area contributed by atoms with Crippen molar-refractivity contribution in [2.24, 2.45) is 0 Å². The topological polar surface area (TPSA) is 58.9 Å². The molecule has 0 heterocycles. The lowest BCUT2D eigenvalue weighted by atomic mass is 9.88. The van der Waals surface area contributed by atoms with Crippen molar-refractivity contribution in [1.82, 2.24) is 0 Å². The Balaban J connectivity index is 1.79. The van der Waals surface area contributed by atoms with Crippen LogP contribution >= 0.6 is 0 Å². The molecule has 4 heteroatoms. The molecule has 4 nitrogen and oxygen atoms in total. The third-order valence-corrected chi connectivity index (χ3v) is 8.24. The third-order valence-electron chi connectivity index (χ3n) is 8.24. The summed E-state index contributed by atoms with van der Waals surface area (Å²) in [6.45, 7) is 5.43. The Bertz CT molecular complexity index is 1290. The van der Waals surface area contributed by atoms with Crippen molar-refractivity contribution in [3.63, 3.8) is 0 Å². The van der Waals surface area contributed by atoms with Gasteiger partial charge in [0.2, 0.25) is 0 Å². The van der Waals surface area contributed by atoms with Crippen LogP contribution in [0.2, 0.25) is 0 Å². The van der Waals surface area contributed by atoms with Gasteiger partial charge in [-0.25, -0.2) is 0 Å². The van der Waals surface area contributed by atoms with E-state index in [4.69, 9.17) is 9.47 Å². The quantitative estimate of drug-likeness (QED) is 0.110. The van der Waals surface area contributed by atoms with E-state index in [9.17, 15) is 10.2 Å². The number of hydrogen-bond acceptors (Lipinski definition) is 4. The Labute approximate surface area is 252 Å². The second-order valence-corrected chi connectivity index (χ2v) is 11.5. The molecule has 0 bridgehead atoms. The standard InChI is InChI=1S/C38H50O4/c1-3-5-7-9-11-17-23-41-37-31(27-39)25-29-19-13-15-21-33(29)35(37)36-34-22-16-14-20-30(34)26-32(28-40)38(36)42-24-18-12-10-8-6-4-2/h13-16,19-22,25-26,39-40H,3-12,17-18,23-24,27-28H2,1-2H3. The maximum atomic E-state index is 10.5. The third kappa shape index (κ3) is 8.05. The van der Waals surface area contributed by atoms with Gasteiger partial charge < -0.3 is 19.7 Å². The number of ether oxygens (including phenoxy) is 2. The number of fused-ring (bicyclic) bond motifs is 2. The van der Waals surface area contributed by atoms with E-state index >= 15 is 0 Å². The van der Waals surface area contributed by atoms with Crippen LogP contribution in [0, 0.1) is 0 Å². The summed E-state index contributed by atoms with van der Waals surface area (Å²) in [4.78, 5) is 0. The van der Waals surface area contributed by atoms with Crippen molar-refractivity contribution in [2.75, 3.05) is 13.2 Å². The molecule has 0 radical (unpaired) electrons. The first-order valence-corrected chi connectivity index (χ1v) is 16.3. The van der Waals surface area contributed by atoms with Crippen LogP contribution in [-0.4, -0.2) is 23.4 Å². The van der Waals surface area contributed by atoms with Gasteiger partial charge in [0.05, 0.1) is 26.4 Å². The highest BCUT2D eigenvalue weighted by molar-refractivity contribution is 6.10. The molecular formula is C38H50O4. The predicted molar refractivity (Wildman–Crippen MR) is 176 cm³/mol. The van der Waals surface area contributed by atoms with Gasteiger partial charge in [0.1, 0.15) is 11.5 Å². The van der Waals surface area contributed by atoms with Gasteiger partial charge in [-0.15, -0.1) is 0 Å². The molecule has 226 valence electrons. The minimum absolute atomic E-state index is 0.116. The van der Waals surface area contributed by atoms with Crippen LogP contribution in [0.1, 0.15) is 102 Å². The number of benzene rings is 4. The zero-order chi connectivity index (χ0) is 29.6. The zero-order valence-electron chi connectivity index (χ0n) is 25.8. The van der Waals surface area contributed by atoms with Crippen LogP contribution in [-0.2, 0) is 13.2 Å². The Morgan fingerprint density at radius 2 is 0.881 bits per heavy atom. The Hall–Kier alpha value is -3.08. The molecule has 0 amide bonds. The largest absolute Gasteiger partial charge is 0.493 e. The van der Waals surface area contributed by atoms with Crippen molar-refractivity contribution >= 4 is 21.5 Å². The summed E-state index contributed by atoms with van der Waals surface area (Å²) in [5, 5.41) is 25.3. The summed E-state index contributed by atoms with van der Waals surface area (Å²) in [6, 6.07) is 20.7. The van der Waals surface area contributed by atoms with E-state index in [-0.39, 0.29) is 13.2 Å². The minimum Gasteiger partial charge on any atom is -0.493 e. The molecule has 4 aromatic carbocycles. The summed E-state index contributed by atoms with van der Waals surface area (Å²) in [7, 11) is 0. The van der Waals surface area contributed by atoms with Gasteiger partial charge >= 0.3 is 0 Å². The fraction of sp³-hybridized carbons (Fsp3) is 0.474. The molecule has 0 aromatic heterocycles. The van der Waals surface area contributed by atoms with Crippen LogP contribution in [0.4, 0.5) is 0 Å². The smallest absolute Gasteiger partial charge is 0.133 e. The van der Waals surface area contributed by atoms with Crippen molar-refractivity contribution in [3.05, 3.63) is 71.8 Å². The van der Waals surface area contributed by atoms with Crippen LogP contribution in [0.15, 0.2) is 60.7 Å². The van der Waals surface area contributed by atoms with Gasteiger partial charge in [0.15, 0.2) is 0 Å². The van der Waals surface area contributed by atoms with Gasteiger partial charge in [-0.05, 0) is 46.5 Å². The van der Waals surface area contributed by atoms with Crippen LogP contribution in [0.25, 0.3) is 32.7 Å². The highest BCUT2D eigenvalue weighted by Crippen LogP contribution is 2.48. The lowest BCUT2D eigenvalue weighted by molar-refractivity contribution is 0.258. The van der Waals surface area contributed by atoms with E-state index in [0.29, 0.717) is 13.2 Å². The normalized spacial score (nSPS) is 11.4. The molecule has 0 atom stereocenters. The fourth-order valence-electron chi connectivity index (χ4n) is 5.95. The van der Waals surface area contributed by atoms with Crippen molar-refractivity contribution in [2.45, 2.75) is 104 Å². The van der Waals surface area contributed by atoms with Crippen molar-refractivity contribution < 1.29 is 19.7 Å². The molecule has 0 aliphatic heterocycles. The number of unbranched alkanes of at least 4 members (excludes halogenated alkanes) is 10. The van der Waals surface area contributed by atoms with Crippen molar-refractivity contribution in [1.29, 1.82) is 0 Å². The molecule has 0 aliphatic rings. The number of aliphatic hydroxyl groups is 2. The summed E-state index contributed by atoms with van der Waals surface area (Å²) in [5.74, 6) is 1.43. The van der Waals surface area contributed by atoms with E-state index in [1.165, 1.54) is 51.4 Å². The lowest BCUT2D eigenvalue weighted by Crippen LogP contribution is -2.07. The molecular weight excluding hydrogens is 520 g/mol. The van der Waals surface area contributed by atoms with E-state index < -0.39 is 0 Å². The van der Waals surface area contributed by atoms with Gasteiger partial charge in [-0.2, -0.15) is 0 Å². The van der Waals surface area contributed by atoms with Gasteiger partial charge in [-0.1, -0.05) is 127 Å². The van der Waals surface area contributed by atoms with Crippen LogP contribution in [0.5, 0.6) is 11.5 Å². The monoisotopic (exact) mass is 570 g/mol. The Morgan fingerprint density at radius 3 is 1.29 bits per heavy atom. The average molecular weight is 571 g/mol. The first-order valence-electron chi connectivity index (χ1n) is 16.3. The number of aliphatic hydroxyl groups excluding tert-OH is 2. The summed E-state index contributed by atoms with van der Waals surface area (Å²) >= 11 is 0. The second kappa shape index (κ2) is 17.1. The molecule has 0 saturated carbocycles. The number of rotatable bonds is 19. The van der Waals surface area contributed by atoms with Crippen molar-refractivity contribution in [3.8, 4) is 22.6 Å². The molecule has 4 aromatic rings. The van der Waals surface area contributed by atoms with E-state index in [2.05, 4.69) is 50.2 Å². The molecule has 0 saturated heterocycles. The van der Waals surface area contributed by atoms with Gasteiger partial charge in [-0.3, -0.25) is 0 Å². The summed E-state index contributed by atoms with van der Waals surface area (Å²) < 4.78 is 13.2. The molecule has 0 fully saturated rings. The second-order valence-electron chi connectivity index (χ2n) is 11.5. The highest BCUT2D eigenvalue weighted by Gasteiger charge is 2.24. The molecule has 2 N–H and O–H groups in total. The first-order chi connectivity index (χ1) is 20.7. The Kier molecular flexibility index (Phi) is 13.0. The highest BCUT2D eigenvalue weighted by atomic mass is 16.5. The van der Waals surface area contributed by atoms with Gasteiger partial charge in [0, 0.05) is 22.3 Å². The zero-order valence-corrected chi connectivity index (χ0v) is 25.8. The maximum Gasteiger partial charge on any atom is 0.133 e. The fourth-order valence-corrected chi connectivity index (χ4v) is 5.95. The Morgan fingerprint density at radius 1 is 0.500 bits per heavy atom. The first kappa shape index (κ1) is 31.8. The SMILES string of the molecule is CCCCCCCCOc1c(CO)cc2ccccc2c1-c1c(OCCCCCCCC)c(CO)cc2ccccc12. The number of hydrogen-bond donors (Lipinski definition) is 2. The van der Waals surface area contributed by atoms with E-state index in [0.717, 1.165) is 81.0 Å². The van der Waals surface area contributed by atoms with Crippen LogP contribution in [0.3, 0.4) is 0 Å². The van der Waals surface area contributed by atoms with Gasteiger partial charge in [0.25, 0.3) is 0 Å².